The van der Waals surface area contributed by atoms with Crippen molar-refractivity contribution >= 4 is 27.5 Å². The lowest BCUT2D eigenvalue weighted by Crippen LogP contribution is -2.38. The molecule has 1 aliphatic carbocycles. The summed E-state index contributed by atoms with van der Waals surface area (Å²) in [5.41, 5.74) is 0.969. The van der Waals surface area contributed by atoms with Gasteiger partial charge in [0.2, 0.25) is 5.91 Å². The molecule has 1 aliphatic rings. The first-order valence-corrected chi connectivity index (χ1v) is 10.0. The Bertz CT molecular complexity index is 820. The molecule has 0 spiro atoms. The topological polar surface area (TPSA) is 68.1 Å². The lowest BCUT2D eigenvalue weighted by atomic mass is 9.89. The Morgan fingerprint density at radius 1 is 1.32 bits per heavy atom. The largest absolute Gasteiger partial charge is 0.341 e. The first-order valence-electron chi connectivity index (χ1n) is 9.20. The predicted octanol–water partition coefficient (Wildman–Crippen LogP) is 2.63. The van der Waals surface area contributed by atoms with Gasteiger partial charge in [-0.25, -0.2) is 4.68 Å². The van der Waals surface area contributed by atoms with E-state index in [1.807, 2.05) is 18.7 Å². The average molecular weight is 362 g/mol. The van der Waals surface area contributed by atoms with Gasteiger partial charge in [0.25, 0.3) is 5.56 Å². The molecule has 6 nitrogen and oxygen atoms in total. The summed E-state index contributed by atoms with van der Waals surface area (Å²) in [4.78, 5) is 29.3. The van der Waals surface area contributed by atoms with Gasteiger partial charge in [0, 0.05) is 18.0 Å². The van der Waals surface area contributed by atoms with Gasteiger partial charge < -0.3 is 4.90 Å². The third-order valence-corrected chi connectivity index (χ3v) is 5.95. The normalized spacial score (nSPS) is 16.8. The molecule has 0 saturated carbocycles. The minimum Gasteiger partial charge on any atom is -0.341 e. The van der Waals surface area contributed by atoms with E-state index in [2.05, 4.69) is 17.2 Å². The fraction of sp³-hybridized carbons (Fsp3) is 0.667. The van der Waals surface area contributed by atoms with Gasteiger partial charge in [-0.15, -0.1) is 16.4 Å². The fourth-order valence-electron chi connectivity index (χ4n) is 3.52. The monoisotopic (exact) mass is 362 g/mol. The molecular formula is C18H26N4O2S. The lowest BCUT2D eigenvalue weighted by Gasteiger charge is -2.21. The van der Waals surface area contributed by atoms with Crippen molar-refractivity contribution in [2.75, 3.05) is 13.1 Å². The van der Waals surface area contributed by atoms with E-state index in [0.717, 1.165) is 37.7 Å². The molecule has 3 rings (SSSR count). The molecule has 0 unspecified atom stereocenters. The fourth-order valence-corrected chi connectivity index (χ4v) is 4.84. The van der Waals surface area contributed by atoms with Crippen molar-refractivity contribution in [3.05, 3.63) is 20.8 Å². The number of hydrogen-bond acceptors (Lipinski definition) is 5. The Balaban J connectivity index is 1.91. The zero-order valence-electron chi connectivity index (χ0n) is 15.2. The van der Waals surface area contributed by atoms with Crippen LogP contribution in [0.4, 0.5) is 0 Å². The zero-order valence-corrected chi connectivity index (χ0v) is 16.1. The van der Waals surface area contributed by atoms with Crippen molar-refractivity contribution in [3.63, 3.8) is 0 Å². The molecule has 0 N–H and O–H groups in total. The number of amides is 1. The van der Waals surface area contributed by atoms with Crippen molar-refractivity contribution in [1.29, 1.82) is 0 Å². The van der Waals surface area contributed by atoms with Gasteiger partial charge in [0.05, 0.1) is 5.39 Å². The Hall–Kier alpha value is -1.76. The molecule has 136 valence electrons. The first-order chi connectivity index (χ1) is 12.0. The second kappa shape index (κ2) is 7.64. The van der Waals surface area contributed by atoms with Crippen LogP contribution in [0, 0.1) is 5.92 Å². The zero-order chi connectivity index (χ0) is 18.0. The molecule has 0 fully saturated rings. The van der Waals surface area contributed by atoms with Crippen LogP contribution < -0.4 is 5.56 Å². The average Bonchev–Trinajstić information content (AvgIpc) is 2.95. The van der Waals surface area contributed by atoms with Gasteiger partial charge >= 0.3 is 0 Å². The Labute approximate surface area is 151 Å². The van der Waals surface area contributed by atoms with Gasteiger partial charge in [-0.1, -0.05) is 26.0 Å². The van der Waals surface area contributed by atoms with Crippen LogP contribution in [0.2, 0.25) is 0 Å². The van der Waals surface area contributed by atoms with E-state index >= 15 is 0 Å². The minimum atomic E-state index is -0.168. The van der Waals surface area contributed by atoms with Crippen LogP contribution in [0.15, 0.2) is 4.79 Å². The molecule has 1 amide bonds. The number of carbonyl (C=O) groups is 1. The van der Waals surface area contributed by atoms with E-state index < -0.39 is 0 Å². The maximum absolute atomic E-state index is 12.9. The van der Waals surface area contributed by atoms with E-state index in [-0.39, 0.29) is 18.0 Å². The summed E-state index contributed by atoms with van der Waals surface area (Å²) in [6, 6.07) is 0. The van der Waals surface area contributed by atoms with Crippen molar-refractivity contribution in [3.8, 4) is 0 Å². The SMILES string of the molecule is CCCN(CCC)C(=O)Cn1nnc2sc3c(c2c1=O)CC[C@@H](C)C3. The van der Waals surface area contributed by atoms with Crippen LogP contribution in [0.25, 0.3) is 10.2 Å². The van der Waals surface area contributed by atoms with Crippen molar-refractivity contribution in [1.82, 2.24) is 19.9 Å². The smallest absolute Gasteiger partial charge is 0.279 e. The van der Waals surface area contributed by atoms with Crippen LogP contribution in [-0.2, 0) is 24.2 Å². The van der Waals surface area contributed by atoms with Gasteiger partial charge in [0.15, 0.2) is 4.83 Å². The van der Waals surface area contributed by atoms with E-state index in [0.29, 0.717) is 29.2 Å². The standard InChI is InChI=1S/C18H26N4O2S/c1-4-8-21(9-5-2)15(23)11-22-18(24)16-13-7-6-12(3)10-14(13)25-17(16)19-20-22/h12H,4-11H2,1-3H3/t12-/m1/s1. The van der Waals surface area contributed by atoms with Gasteiger partial charge in [-0.05, 0) is 43.6 Å². The molecule has 0 aliphatic heterocycles. The summed E-state index contributed by atoms with van der Waals surface area (Å²) >= 11 is 1.59. The highest BCUT2D eigenvalue weighted by molar-refractivity contribution is 7.18. The molecule has 2 heterocycles. The number of thiophene rings is 1. The molecule has 25 heavy (non-hydrogen) atoms. The summed E-state index contributed by atoms with van der Waals surface area (Å²) in [5, 5.41) is 8.95. The second-order valence-corrected chi connectivity index (χ2v) is 8.05. The summed E-state index contributed by atoms with van der Waals surface area (Å²) in [7, 11) is 0. The molecular weight excluding hydrogens is 336 g/mol. The number of hydrogen-bond donors (Lipinski definition) is 0. The number of aromatic nitrogens is 3. The maximum atomic E-state index is 12.9. The molecule has 1 atom stereocenters. The third kappa shape index (κ3) is 3.61. The Morgan fingerprint density at radius 3 is 2.72 bits per heavy atom. The molecule has 0 saturated heterocycles. The van der Waals surface area contributed by atoms with Gasteiger partial charge in [-0.3, -0.25) is 9.59 Å². The van der Waals surface area contributed by atoms with E-state index in [1.54, 1.807) is 11.3 Å². The predicted molar refractivity (Wildman–Crippen MR) is 100 cm³/mol. The van der Waals surface area contributed by atoms with Crippen LogP contribution in [0.5, 0.6) is 0 Å². The highest BCUT2D eigenvalue weighted by Crippen LogP contribution is 2.35. The lowest BCUT2D eigenvalue weighted by molar-refractivity contribution is -0.132. The van der Waals surface area contributed by atoms with Crippen LogP contribution in [0.1, 0.15) is 50.5 Å². The molecule has 7 heteroatoms. The number of aryl methyl sites for hydroxylation is 1. The minimum absolute atomic E-state index is 0.0250. The second-order valence-electron chi connectivity index (χ2n) is 6.96. The molecule has 0 aromatic carbocycles. The van der Waals surface area contributed by atoms with Crippen LogP contribution >= 0.6 is 11.3 Å². The number of carbonyl (C=O) groups excluding carboxylic acids is 1. The number of nitrogens with zero attached hydrogens (tertiary/aromatic N) is 4. The molecule has 2 aromatic heterocycles. The summed E-state index contributed by atoms with van der Waals surface area (Å²) < 4.78 is 1.24. The summed E-state index contributed by atoms with van der Waals surface area (Å²) in [6.07, 6.45) is 4.84. The quantitative estimate of drug-likeness (QED) is 0.792. The maximum Gasteiger partial charge on any atom is 0.279 e. The van der Waals surface area contributed by atoms with E-state index in [1.165, 1.54) is 9.56 Å². The van der Waals surface area contributed by atoms with Gasteiger partial charge in [0.1, 0.15) is 6.54 Å². The van der Waals surface area contributed by atoms with Crippen LogP contribution in [-0.4, -0.2) is 38.9 Å². The summed E-state index contributed by atoms with van der Waals surface area (Å²) in [5.74, 6) is 0.589. The van der Waals surface area contributed by atoms with Crippen molar-refractivity contribution in [2.24, 2.45) is 5.92 Å². The molecule has 0 bridgehead atoms. The van der Waals surface area contributed by atoms with Crippen LogP contribution in [0.3, 0.4) is 0 Å². The Morgan fingerprint density at radius 2 is 2.04 bits per heavy atom. The van der Waals surface area contributed by atoms with Gasteiger partial charge in [-0.2, -0.15) is 0 Å². The highest BCUT2D eigenvalue weighted by Gasteiger charge is 2.24. The van der Waals surface area contributed by atoms with Crippen molar-refractivity contribution < 1.29 is 4.79 Å². The Kier molecular flexibility index (Phi) is 5.51. The van der Waals surface area contributed by atoms with Crippen molar-refractivity contribution in [2.45, 2.75) is 59.4 Å². The van der Waals surface area contributed by atoms with E-state index in [9.17, 15) is 9.59 Å². The molecule has 0 radical (unpaired) electrons. The number of fused-ring (bicyclic) bond motifs is 3. The summed E-state index contributed by atoms with van der Waals surface area (Å²) in [6.45, 7) is 7.74. The first kappa shape index (κ1) is 18.0. The molecule has 2 aromatic rings. The highest BCUT2D eigenvalue weighted by atomic mass is 32.1. The number of rotatable bonds is 6. The van der Waals surface area contributed by atoms with E-state index in [4.69, 9.17) is 0 Å². The third-order valence-electron chi connectivity index (χ3n) is 4.81.